The van der Waals surface area contributed by atoms with Crippen molar-refractivity contribution in [2.75, 3.05) is 31.6 Å². The van der Waals surface area contributed by atoms with E-state index in [9.17, 15) is 4.79 Å². The lowest BCUT2D eigenvalue weighted by molar-refractivity contribution is -0.131. The van der Waals surface area contributed by atoms with Crippen LogP contribution in [0.4, 0.5) is 5.82 Å². The summed E-state index contributed by atoms with van der Waals surface area (Å²) in [4.78, 5) is 17.7. The lowest BCUT2D eigenvalue weighted by Gasteiger charge is -2.26. The Balaban J connectivity index is 2.04. The van der Waals surface area contributed by atoms with Crippen LogP contribution >= 0.6 is 0 Å². The van der Waals surface area contributed by atoms with Gasteiger partial charge in [0.2, 0.25) is 0 Å². The van der Waals surface area contributed by atoms with Crippen molar-refractivity contribution in [1.29, 1.82) is 0 Å². The molecule has 1 saturated heterocycles. The first-order valence-corrected chi connectivity index (χ1v) is 5.30. The molecular formula is C11H15N3O2. The normalized spacial score (nSPS) is 20.4. The number of anilines is 1. The van der Waals surface area contributed by atoms with Gasteiger partial charge < -0.3 is 10.1 Å². The van der Waals surface area contributed by atoms with Gasteiger partial charge >= 0.3 is 0 Å². The van der Waals surface area contributed by atoms with Crippen molar-refractivity contribution in [3.8, 4) is 0 Å². The minimum absolute atomic E-state index is 0.0640. The first-order valence-electron chi connectivity index (χ1n) is 5.30. The molecule has 1 N–H and O–H groups in total. The smallest absolute Gasteiger partial charge is 0.258 e. The van der Waals surface area contributed by atoms with Gasteiger partial charge in [-0.2, -0.15) is 0 Å². The fourth-order valence-corrected chi connectivity index (χ4v) is 1.61. The Hall–Kier alpha value is -1.46. The van der Waals surface area contributed by atoms with Gasteiger partial charge in [-0.1, -0.05) is 6.07 Å². The van der Waals surface area contributed by atoms with Crippen LogP contribution in [0.15, 0.2) is 24.4 Å². The standard InChI is InChI=1S/C11H15N3O2/c1-14(10-4-2-3-5-13-10)11(15)9-8-12-6-7-16-9/h2-5,9,12H,6-8H2,1H3. The maximum atomic E-state index is 12.0. The molecule has 1 aliphatic rings. The molecule has 2 heterocycles. The van der Waals surface area contributed by atoms with E-state index in [0.717, 1.165) is 6.54 Å². The Bertz CT molecular complexity index is 350. The molecule has 1 atom stereocenters. The maximum absolute atomic E-state index is 12.0. The predicted octanol–water partition coefficient (Wildman–Crippen LogP) is 0.0328. The van der Waals surface area contributed by atoms with Crippen LogP contribution in [0, 0.1) is 0 Å². The summed E-state index contributed by atoms with van der Waals surface area (Å²) in [6.45, 7) is 1.94. The number of morpholine rings is 1. The van der Waals surface area contributed by atoms with Gasteiger partial charge in [-0.15, -0.1) is 0 Å². The molecule has 5 heteroatoms. The number of carbonyl (C=O) groups excluding carboxylic acids is 1. The van der Waals surface area contributed by atoms with Crippen molar-refractivity contribution in [3.05, 3.63) is 24.4 Å². The Morgan fingerprint density at radius 1 is 1.62 bits per heavy atom. The number of nitrogens with one attached hydrogen (secondary N) is 1. The second-order valence-corrected chi connectivity index (χ2v) is 3.65. The highest BCUT2D eigenvalue weighted by atomic mass is 16.5. The molecule has 1 amide bonds. The summed E-state index contributed by atoms with van der Waals surface area (Å²) in [5, 5.41) is 3.13. The average molecular weight is 221 g/mol. The number of pyridine rings is 1. The second-order valence-electron chi connectivity index (χ2n) is 3.65. The molecule has 5 nitrogen and oxygen atoms in total. The summed E-state index contributed by atoms with van der Waals surface area (Å²) in [5.74, 6) is 0.576. The lowest BCUT2D eigenvalue weighted by Crippen LogP contribution is -2.48. The predicted molar refractivity (Wildman–Crippen MR) is 60.3 cm³/mol. The van der Waals surface area contributed by atoms with Gasteiger partial charge in [-0.05, 0) is 12.1 Å². The van der Waals surface area contributed by atoms with Gasteiger partial charge in [0, 0.05) is 26.3 Å². The molecule has 1 unspecified atom stereocenters. The largest absolute Gasteiger partial charge is 0.366 e. The van der Waals surface area contributed by atoms with E-state index in [0.29, 0.717) is 19.0 Å². The van der Waals surface area contributed by atoms with Gasteiger partial charge in [-0.25, -0.2) is 4.98 Å². The second kappa shape index (κ2) is 5.05. The van der Waals surface area contributed by atoms with E-state index < -0.39 is 6.10 Å². The van der Waals surface area contributed by atoms with Crippen molar-refractivity contribution >= 4 is 11.7 Å². The number of hydrogen-bond acceptors (Lipinski definition) is 4. The molecule has 1 fully saturated rings. The van der Waals surface area contributed by atoms with E-state index in [2.05, 4.69) is 10.3 Å². The Morgan fingerprint density at radius 3 is 3.12 bits per heavy atom. The van der Waals surface area contributed by atoms with Crippen LogP contribution in [0.25, 0.3) is 0 Å². The number of carbonyl (C=O) groups is 1. The van der Waals surface area contributed by atoms with Crippen LogP contribution in [0.1, 0.15) is 0 Å². The number of nitrogens with zero attached hydrogens (tertiary/aromatic N) is 2. The number of ether oxygens (including phenoxy) is 1. The lowest BCUT2D eigenvalue weighted by atomic mass is 10.2. The minimum Gasteiger partial charge on any atom is -0.366 e. The van der Waals surface area contributed by atoms with Crippen molar-refractivity contribution in [1.82, 2.24) is 10.3 Å². The molecule has 2 rings (SSSR count). The molecule has 0 spiro atoms. The highest BCUT2D eigenvalue weighted by Crippen LogP contribution is 2.10. The van der Waals surface area contributed by atoms with Crippen molar-refractivity contribution in [2.24, 2.45) is 0 Å². The third-order valence-electron chi connectivity index (χ3n) is 2.53. The fourth-order valence-electron chi connectivity index (χ4n) is 1.61. The van der Waals surface area contributed by atoms with Gasteiger partial charge in [0.05, 0.1) is 6.61 Å². The van der Waals surface area contributed by atoms with Crippen LogP contribution in [0.2, 0.25) is 0 Å². The molecular weight excluding hydrogens is 206 g/mol. The van der Waals surface area contributed by atoms with Crippen molar-refractivity contribution in [3.63, 3.8) is 0 Å². The van der Waals surface area contributed by atoms with E-state index in [1.54, 1.807) is 19.3 Å². The van der Waals surface area contributed by atoms with Crippen LogP contribution in [0.5, 0.6) is 0 Å². The van der Waals surface area contributed by atoms with Gasteiger partial charge in [0.15, 0.2) is 0 Å². The Kier molecular flexibility index (Phi) is 3.48. The van der Waals surface area contributed by atoms with Crippen molar-refractivity contribution in [2.45, 2.75) is 6.10 Å². The zero-order valence-electron chi connectivity index (χ0n) is 9.22. The zero-order valence-corrected chi connectivity index (χ0v) is 9.22. The first kappa shape index (κ1) is 11.0. The van der Waals surface area contributed by atoms with E-state index in [-0.39, 0.29) is 5.91 Å². The Morgan fingerprint density at radius 2 is 2.50 bits per heavy atom. The summed E-state index contributed by atoms with van der Waals surface area (Å²) in [6.07, 6.45) is 1.26. The minimum atomic E-state index is -0.402. The fraction of sp³-hybridized carbons (Fsp3) is 0.455. The molecule has 0 saturated carbocycles. The Labute approximate surface area is 94.4 Å². The number of likely N-dealkylation sites (N-methyl/N-ethyl adjacent to an activating group) is 1. The van der Waals surface area contributed by atoms with Gasteiger partial charge in [0.1, 0.15) is 11.9 Å². The number of rotatable bonds is 2. The highest BCUT2D eigenvalue weighted by Gasteiger charge is 2.25. The van der Waals surface area contributed by atoms with E-state index in [1.165, 1.54) is 4.90 Å². The third kappa shape index (κ3) is 2.37. The van der Waals surface area contributed by atoms with Crippen molar-refractivity contribution < 1.29 is 9.53 Å². The molecule has 0 bridgehead atoms. The van der Waals surface area contributed by atoms with Gasteiger partial charge in [-0.3, -0.25) is 9.69 Å². The molecule has 86 valence electrons. The molecule has 0 aromatic carbocycles. The molecule has 1 aromatic rings. The molecule has 1 aliphatic heterocycles. The highest BCUT2D eigenvalue weighted by molar-refractivity contribution is 5.95. The number of aromatic nitrogens is 1. The topological polar surface area (TPSA) is 54.5 Å². The summed E-state index contributed by atoms with van der Waals surface area (Å²) < 4.78 is 5.40. The quantitative estimate of drug-likeness (QED) is 0.765. The molecule has 0 radical (unpaired) electrons. The summed E-state index contributed by atoms with van der Waals surface area (Å²) in [7, 11) is 1.71. The van der Waals surface area contributed by atoms with Crippen LogP contribution in [-0.4, -0.2) is 43.7 Å². The van der Waals surface area contributed by atoms with Crippen LogP contribution in [-0.2, 0) is 9.53 Å². The maximum Gasteiger partial charge on any atom is 0.258 e. The SMILES string of the molecule is CN(C(=O)C1CNCCO1)c1ccccn1. The van der Waals surface area contributed by atoms with Crippen LogP contribution < -0.4 is 10.2 Å². The molecule has 0 aliphatic carbocycles. The summed E-state index contributed by atoms with van der Waals surface area (Å²) >= 11 is 0. The monoisotopic (exact) mass is 221 g/mol. The third-order valence-corrected chi connectivity index (χ3v) is 2.53. The van der Waals surface area contributed by atoms with Crippen LogP contribution in [0.3, 0.4) is 0 Å². The average Bonchev–Trinajstić information content (AvgIpc) is 2.39. The van der Waals surface area contributed by atoms with E-state index in [1.807, 2.05) is 12.1 Å². The molecule has 1 aromatic heterocycles. The summed E-state index contributed by atoms with van der Waals surface area (Å²) in [5.41, 5.74) is 0. The van der Waals surface area contributed by atoms with E-state index in [4.69, 9.17) is 4.74 Å². The van der Waals surface area contributed by atoms with E-state index >= 15 is 0 Å². The number of hydrogen-bond donors (Lipinski definition) is 1. The zero-order chi connectivity index (χ0) is 11.4. The summed E-state index contributed by atoms with van der Waals surface area (Å²) in [6, 6.07) is 5.47. The number of amides is 1. The molecule has 16 heavy (non-hydrogen) atoms. The first-order chi connectivity index (χ1) is 7.79. The van der Waals surface area contributed by atoms with Gasteiger partial charge in [0.25, 0.3) is 5.91 Å².